The monoisotopic (exact) mass is 266 g/mol. The standard InChI is InChI=1S/C14H18O3S/c1-8-2-13(15)17-14(18(8)16)11-4-9-3-10(6-11)7-12(14)5-9/h2,9-12H,3-7H2,1H3. The second kappa shape index (κ2) is 3.47. The Balaban J connectivity index is 1.81. The van der Waals surface area contributed by atoms with Crippen LogP contribution < -0.4 is 0 Å². The van der Waals surface area contributed by atoms with Crippen LogP contribution in [0, 0.1) is 23.7 Å². The van der Waals surface area contributed by atoms with Gasteiger partial charge in [0.05, 0.1) is 10.8 Å². The normalized spacial score (nSPS) is 53.5. The third-order valence-electron chi connectivity index (χ3n) is 5.44. The van der Waals surface area contributed by atoms with Crippen molar-refractivity contribution in [3.8, 4) is 0 Å². The molecule has 0 radical (unpaired) electrons. The summed E-state index contributed by atoms with van der Waals surface area (Å²) in [6.45, 7) is 1.81. The van der Waals surface area contributed by atoms with E-state index < -0.39 is 15.7 Å². The van der Waals surface area contributed by atoms with Gasteiger partial charge in [0.25, 0.3) is 0 Å². The molecule has 4 fully saturated rings. The molecule has 0 N–H and O–H groups in total. The smallest absolute Gasteiger partial charge is 0.333 e. The molecule has 4 aliphatic carbocycles. The maximum Gasteiger partial charge on any atom is 0.333 e. The predicted molar refractivity (Wildman–Crippen MR) is 67.8 cm³/mol. The molecule has 5 aliphatic rings. The first-order chi connectivity index (χ1) is 8.59. The molecule has 98 valence electrons. The molecular formula is C14H18O3S. The summed E-state index contributed by atoms with van der Waals surface area (Å²) in [5.74, 6) is 1.98. The van der Waals surface area contributed by atoms with Crippen LogP contribution in [0.5, 0.6) is 0 Å². The molecule has 3 nitrogen and oxygen atoms in total. The summed E-state index contributed by atoms with van der Waals surface area (Å²) >= 11 is 0. The van der Waals surface area contributed by atoms with Crippen LogP contribution in [0.2, 0.25) is 0 Å². The highest BCUT2D eigenvalue weighted by Crippen LogP contribution is 2.61. The van der Waals surface area contributed by atoms with E-state index >= 15 is 0 Å². The molecule has 4 bridgehead atoms. The van der Waals surface area contributed by atoms with Gasteiger partial charge in [-0.15, -0.1) is 0 Å². The Hall–Kier alpha value is -0.640. The number of carbonyl (C=O) groups is 1. The number of hydrogen-bond donors (Lipinski definition) is 0. The van der Waals surface area contributed by atoms with E-state index in [0.29, 0.717) is 16.7 Å². The summed E-state index contributed by atoms with van der Waals surface area (Å²) in [6.07, 6.45) is 7.20. The van der Waals surface area contributed by atoms with Gasteiger partial charge in [0, 0.05) is 22.8 Å². The summed E-state index contributed by atoms with van der Waals surface area (Å²) in [5, 5.41) is 0. The van der Waals surface area contributed by atoms with Crippen LogP contribution in [-0.2, 0) is 20.3 Å². The summed E-state index contributed by atoms with van der Waals surface area (Å²) in [4.78, 5) is 11.8. The van der Waals surface area contributed by atoms with E-state index in [-0.39, 0.29) is 5.97 Å². The fraction of sp³-hybridized carbons (Fsp3) is 0.786. The first-order valence-corrected chi connectivity index (χ1v) is 8.07. The minimum absolute atomic E-state index is 0.278. The number of rotatable bonds is 0. The van der Waals surface area contributed by atoms with E-state index in [4.69, 9.17) is 4.74 Å². The lowest BCUT2D eigenvalue weighted by atomic mass is 9.54. The van der Waals surface area contributed by atoms with Crippen LogP contribution in [0.4, 0.5) is 0 Å². The number of carbonyl (C=O) groups excluding carboxylic acids is 1. The minimum Gasteiger partial charge on any atom is -0.441 e. The summed E-state index contributed by atoms with van der Waals surface area (Å²) in [5.41, 5.74) is 0. The largest absolute Gasteiger partial charge is 0.441 e. The fourth-order valence-electron chi connectivity index (χ4n) is 5.01. The van der Waals surface area contributed by atoms with Gasteiger partial charge in [-0.1, -0.05) is 0 Å². The summed E-state index contributed by atoms with van der Waals surface area (Å²) in [6, 6.07) is 0. The van der Waals surface area contributed by atoms with Crippen molar-refractivity contribution < 1.29 is 13.7 Å². The highest BCUT2D eigenvalue weighted by Gasteiger charge is 2.63. The van der Waals surface area contributed by atoms with Crippen molar-refractivity contribution in [3.63, 3.8) is 0 Å². The molecule has 5 rings (SSSR count). The van der Waals surface area contributed by atoms with Crippen LogP contribution in [0.15, 0.2) is 11.0 Å². The van der Waals surface area contributed by atoms with Gasteiger partial charge in [-0.05, 0) is 50.9 Å². The molecule has 1 aliphatic heterocycles. The molecule has 1 spiro atoms. The maximum absolute atomic E-state index is 12.7. The van der Waals surface area contributed by atoms with Gasteiger partial charge in [0.15, 0.2) is 4.93 Å². The van der Waals surface area contributed by atoms with Crippen molar-refractivity contribution in [1.82, 2.24) is 0 Å². The quantitative estimate of drug-likeness (QED) is 0.632. The topological polar surface area (TPSA) is 43.4 Å². The van der Waals surface area contributed by atoms with Gasteiger partial charge in [-0.2, -0.15) is 0 Å². The van der Waals surface area contributed by atoms with Crippen molar-refractivity contribution in [2.75, 3.05) is 0 Å². The van der Waals surface area contributed by atoms with Gasteiger partial charge in [0.1, 0.15) is 0 Å². The second-order valence-corrected chi connectivity index (χ2v) is 8.29. The molecule has 1 unspecified atom stereocenters. The molecular weight excluding hydrogens is 248 g/mol. The van der Waals surface area contributed by atoms with Crippen molar-refractivity contribution in [1.29, 1.82) is 0 Å². The Bertz CT molecular complexity index is 451. The molecule has 1 atom stereocenters. The molecule has 0 saturated heterocycles. The zero-order chi connectivity index (χ0) is 12.5. The van der Waals surface area contributed by atoms with Crippen LogP contribution in [0.3, 0.4) is 0 Å². The SMILES string of the molecule is CC1=CC(=O)OC2(C3CC4CC(C3)CC2C4)S1=O. The Kier molecular flexibility index (Phi) is 2.16. The van der Waals surface area contributed by atoms with E-state index in [1.807, 2.05) is 6.92 Å². The van der Waals surface area contributed by atoms with Crippen LogP contribution >= 0.6 is 0 Å². The molecule has 0 aromatic carbocycles. The van der Waals surface area contributed by atoms with E-state index in [1.54, 1.807) is 0 Å². The molecule has 4 heteroatoms. The second-order valence-electron chi connectivity index (χ2n) is 6.47. The Morgan fingerprint density at radius 2 is 1.72 bits per heavy atom. The van der Waals surface area contributed by atoms with E-state index in [9.17, 15) is 9.00 Å². The minimum atomic E-state index is -1.14. The van der Waals surface area contributed by atoms with Gasteiger partial charge < -0.3 is 4.74 Å². The highest BCUT2D eigenvalue weighted by molar-refractivity contribution is 7.90. The third-order valence-corrected chi connectivity index (χ3v) is 7.47. The Morgan fingerprint density at radius 1 is 1.17 bits per heavy atom. The number of allylic oxidation sites excluding steroid dienone is 1. The van der Waals surface area contributed by atoms with Gasteiger partial charge in [-0.3, -0.25) is 4.21 Å². The lowest BCUT2D eigenvalue weighted by Gasteiger charge is -2.59. The molecule has 0 aromatic heterocycles. The first kappa shape index (κ1) is 11.2. The molecule has 0 amide bonds. The first-order valence-electron chi connectivity index (χ1n) is 6.92. The van der Waals surface area contributed by atoms with Crippen molar-refractivity contribution >= 4 is 16.8 Å². The third kappa shape index (κ3) is 1.25. The van der Waals surface area contributed by atoms with E-state index in [2.05, 4.69) is 0 Å². The predicted octanol–water partition coefficient (Wildman–Crippen LogP) is 2.35. The van der Waals surface area contributed by atoms with Crippen LogP contribution in [0.1, 0.15) is 39.0 Å². The van der Waals surface area contributed by atoms with Gasteiger partial charge >= 0.3 is 5.97 Å². The summed E-state index contributed by atoms with van der Waals surface area (Å²) < 4.78 is 18.5. The van der Waals surface area contributed by atoms with Crippen molar-refractivity contribution in [2.45, 2.75) is 44.0 Å². The van der Waals surface area contributed by atoms with Gasteiger partial charge in [0.2, 0.25) is 0 Å². The number of esters is 1. The fourth-order valence-corrected chi connectivity index (χ4v) is 6.86. The zero-order valence-corrected chi connectivity index (χ0v) is 11.4. The maximum atomic E-state index is 12.7. The van der Waals surface area contributed by atoms with Gasteiger partial charge in [-0.25, -0.2) is 4.79 Å². The summed E-state index contributed by atoms with van der Waals surface area (Å²) in [7, 11) is -1.14. The number of ether oxygens (including phenoxy) is 1. The van der Waals surface area contributed by atoms with Crippen molar-refractivity contribution in [2.24, 2.45) is 23.7 Å². The Morgan fingerprint density at radius 3 is 2.28 bits per heavy atom. The molecule has 18 heavy (non-hydrogen) atoms. The molecule has 1 heterocycles. The van der Waals surface area contributed by atoms with Crippen LogP contribution in [-0.4, -0.2) is 15.1 Å². The van der Waals surface area contributed by atoms with E-state index in [1.165, 1.54) is 12.5 Å². The molecule has 4 saturated carbocycles. The van der Waals surface area contributed by atoms with Crippen molar-refractivity contribution in [3.05, 3.63) is 11.0 Å². The average Bonchev–Trinajstić information content (AvgIpc) is 2.30. The lowest BCUT2D eigenvalue weighted by molar-refractivity contribution is -0.176. The number of hydrogen-bond acceptors (Lipinski definition) is 3. The zero-order valence-electron chi connectivity index (χ0n) is 10.6. The highest BCUT2D eigenvalue weighted by atomic mass is 32.2. The van der Waals surface area contributed by atoms with E-state index in [0.717, 1.165) is 37.5 Å². The van der Waals surface area contributed by atoms with Crippen LogP contribution in [0.25, 0.3) is 0 Å². The lowest BCUT2D eigenvalue weighted by Crippen LogP contribution is -2.62. The Labute approximate surface area is 109 Å². The molecule has 0 aromatic rings. The average molecular weight is 266 g/mol.